The molecular formula is C32H26MgO6. The zero-order valence-corrected chi connectivity index (χ0v) is 23.1. The minimum absolute atomic E-state index is 0. The number of hydrogen-bond acceptors (Lipinski definition) is 6. The normalized spacial score (nSPS) is 10.8. The number of rotatable bonds is 8. The molecule has 0 unspecified atom stereocenters. The smallest absolute Gasteiger partial charge is 0.545 e. The van der Waals surface area contributed by atoms with Gasteiger partial charge < -0.3 is 29.3 Å². The van der Waals surface area contributed by atoms with E-state index in [1.54, 1.807) is 99.2 Å². The van der Waals surface area contributed by atoms with E-state index in [4.69, 9.17) is 9.47 Å². The third-order valence-corrected chi connectivity index (χ3v) is 5.49. The molecule has 0 aliphatic heterocycles. The SMILES string of the molecule is COc1ccccc1C=C(C(=O)[O-])c1ccccc1.COc1ccccc1C=C(C(=O)[O-])c1ccccc1.[Mg+2]. The first-order valence-corrected chi connectivity index (χ1v) is 11.7. The van der Waals surface area contributed by atoms with Crippen molar-refractivity contribution in [1.29, 1.82) is 0 Å². The van der Waals surface area contributed by atoms with Gasteiger partial charge in [0.25, 0.3) is 0 Å². The second-order valence-electron chi connectivity index (χ2n) is 7.91. The first-order valence-electron chi connectivity index (χ1n) is 11.7. The summed E-state index contributed by atoms with van der Waals surface area (Å²) in [5.74, 6) is -1.18. The fourth-order valence-electron chi connectivity index (χ4n) is 3.64. The molecular weight excluding hydrogens is 505 g/mol. The van der Waals surface area contributed by atoms with Crippen molar-refractivity contribution in [3.05, 3.63) is 131 Å². The Morgan fingerprint density at radius 3 is 1.15 bits per heavy atom. The monoisotopic (exact) mass is 530 g/mol. The predicted octanol–water partition coefficient (Wildman–Crippen LogP) is 3.59. The molecule has 0 fully saturated rings. The van der Waals surface area contributed by atoms with E-state index in [2.05, 4.69) is 0 Å². The quantitative estimate of drug-likeness (QED) is 0.196. The Bertz CT molecular complexity index is 1320. The number of carboxylic acid groups (broad SMARTS) is 2. The first kappa shape index (κ1) is 30.9. The fourth-order valence-corrected chi connectivity index (χ4v) is 3.64. The van der Waals surface area contributed by atoms with E-state index in [1.807, 2.05) is 36.4 Å². The molecule has 0 spiro atoms. The van der Waals surface area contributed by atoms with Crippen molar-refractivity contribution in [3.63, 3.8) is 0 Å². The van der Waals surface area contributed by atoms with Crippen LogP contribution in [0.4, 0.5) is 0 Å². The molecule has 0 N–H and O–H groups in total. The largest absolute Gasteiger partial charge is 2.00 e. The van der Waals surface area contributed by atoms with E-state index in [-0.39, 0.29) is 34.2 Å². The van der Waals surface area contributed by atoms with Gasteiger partial charge in [0, 0.05) is 22.3 Å². The molecule has 0 radical (unpaired) electrons. The molecule has 7 heteroatoms. The molecule has 192 valence electrons. The summed E-state index contributed by atoms with van der Waals surface area (Å²) >= 11 is 0. The summed E-state index contributed by atoms with van der Waals surface area (Å²) in [7, 11) is 3.10. The van der Waals surface area contributed by atoms with E-state index < -0.39 is 11.9 Å². The van der Waals surface area contributed by atoms with Crippen molar-refractivity contribution < 1.29 is 29.3 Å². The van der Waals surface area contributed by atoms with Crippen LogP contribution < -0.4 is 19.7 Å². The Kier molecular flexibility index (Phi) is 12.5. The molecule has 0 saturated heterocycles. The van der Waals surface area contributed by atoms with Crippen LogP contribution in [-0.4, -0.2) is 49.2 Å². The molecule has 0 atom stereocenters. The van der Waals surface area contributed by atoms with E-state index in [0.29, 0.717) is 33.8 Å². The van der Waals surface area contributed by atoms with Gasteiger partial charge >= 0.3 is 23.1 Å². The van der Waals surface area contributed by atoms with Crippen LogP contribution in [0.3, 0.4) is 0 Å². The maximum atomic E-state index is 11.3. The standard InChI is InChI=1S/2C16H14O3.Mg/c2*1-19-15-10-6-5-9-13(15)11-14(16(17)18)12-7-3-2-4-8-12;/h2*2-11H,1H3,(H,17,18);/q;;+2/p-2. The van der Waals surface area contributed by atoms with Crippen molar-refractivity contribution in [1.82, 2.24) is 0 Å². The van der Waals surface area contributed by atoms with E-state index in [9.17, 15) is 19.8 Å². The Balaban J connectivity index is 0.000000267. The Hall–Kier alpha value is -4.33. The van der Waals surface area contributed by atoms with Gasteiger partial charge in [-0.2, -0.15) is 0 Å². The van der Waals surface area contributed by atoms with Crippen LogP contribution in [-0.2, 0) is 9.59 Å². The maximum absolute atomic E-state index is 11.3. The Morgan fingerprint density at radius 2 is 0.846 bits per heavy atom. The van der Waals surface area contributed by atoms with E-state index >= 15 is 0 Å². The van der Waals surface area contributed by atoms with Crippen LogP contribution >= 0.6 is 0 Å². The first-order chi connectivity index (χ1) is 18.4. The van der Waals surface area contributed by atoms with E-state index in [0.717, 1.165) is 0 Å². The van der Waals surface area contributed by atoms with Crippen LogP contribution in [0.2, 0.25) is 0 Å². The molecule has 0 aliphatic rings. The van der Waals surface area contributed by atoms with Crippen LogP contribution in [0.1, 0.15) is 22.3 Å². The van der Waals surface area contributed by atoms with Crippen molar-refractivity contribution in [2.75, 3.05) is 14.2 Å². The van der Waals surface area contributed by atoms with Gasteiger partial charge in [0.05, 0.1) is 26.2 Å². The number of benzene rings is 4. The van der Waals surface area contributed by atoms with Gasteiger partial charge in [0.1, 0.15) is 11.5 Å². The van der Waals surface area contributed by atoms with Gasteiger partial charge in [-0.1, -0.05) is 97.1 Å². The zero-order valence-electron chi connectivity index (χ0n) is 21.7. The van der Waals surface area contributed by atoms with Crippen LogP contribution in [0.15, 0.2) is 109 Å². The molecule has 4 rings (SSSR count). The Labute approximate surface area is 244 Å². The summed E-state index contributed by atoms with van der Waals surface area (Å²) in [4.78, 5) is 22.6. The number of ether oxygens (including phenoxy) is 2. The molecule has 0 aliphatic carbocycles. The zero-order chi connectivity index (χ0) is 27.3. The molecule has 39 heavy (non-hydrogen) atoms. The number of aliphatic carboxylic acids is 2. The number of carbonyl (C=O) groups is 2. The molecule has 0 saturated carbocycles. The summed E-state index contributed by atoms with van der Waals surface area (Å²) in [6, 6.07) is 32.2. The molecule has 0 heterocycles. The fraction of sp³-hybridized carbons (Fsp3) is 0.0625. The molecule has 6 nitrogen and oxygen atoms in total. The molecule has 0 bridgehead atoms. The minimum atomic E-state index is -1.21. The van der Waals surface area contributed by atoms with Crippen molar-refractivity contribution >= 4 is 58.3 Å². The number of carboxylic acids is 2. The third-order valence-electron chi connectivity index (χ3n) is 5.49. The van der Waals surface area contributed by atoms with Gasteiger partial charge in [-0.05, 0) is 35.4 Å². The summed E-state index contributed by atoms with van der Waals surface area (Å²) < 4.78 is 10.4. The van der Waals surface area contributed by atoms with E-state index in [1.165, 1.54) is 0 Å². The second-order valence-corrected chi connectivity index (χ2v) is 7.91. The summed E-state index contributed by atoms with van der Waals surface area (Å²) in [5.41, 5.74) is 2.87. The van der Waals surface area contributed by atoms with Gasteiger partial charge in [-0.3, -0.25) is 0 Å². The average Bonchev–Trinajstić information content (AvgIpc) is 2.96. The minimum Gasteiger partial charge on any atom is -0.545 e. The Morgan fingerprint density at radius 1 is 0.538 bits per heavy atom. The van der Waals surface area contributed by atoms with Gasteiger partial charge in [0.2, 0.25) is 0 Å². The number of hydrogen-bond donors (Lipinski definition) is 0. The second kappa shape index (κ2) is 15.8. The summed E-state index contributed by atoms with van der Waals surface area (Å²) in [6.45, 7) is 0. The van der Waals surface area contributed by atoms with Crippen molar-refractivity contribution in [2.24, 2.45) is 0 Å². The van der Waals surface area contributed by atoms with Crippen LogP contribution in [0.5, 0.6) is 11.5 Å². The van der Waals surface area contributed by atoms with Crippen LogP contribution in [0, 0.1) is 0 Å². The van der Waals surface area contributed by atoms with Crippen molar-refractivity contribution in [3.8, 4) is 11.5 Å². The van der Waals surface area contributed by atoms with Gasteiger partial charge in [-0.25, -0.2) is 0 Å². The topological polar surface area (TPSA) is 98.7 Å². The maximum Gasteiger partial charge on any atom is 2.00 e. The summed E-state index contributed by atoms with van der Waals surface area (Å²) in [6.07, 6.45) is 3.12. The average molecular weight is 531 g/mol. The molecule has 0 aromatic heterocycles. The number of carbonyl (C=O) groups excluding carboxylic acids is 2. The van der Waals surface area contributed by atoms with Crippen molar-refractivity contribution in [2.45, 2.75) is 0 Å². The predicted molar refractivity (Wildman–Crippen MR) is 150 cm³/mol. The number of para-hydroxylation sites is 2. The van der Waals surface area contributed by atoms with Crippen LogP contribution in [0.25, 0.3) is 23.3 Å². The third kappa shape index (κ3) is 8.88. The van der Waals surface area contributed by atoms with Gasteiger partial charge in [-0.15, -0.1) is 0 Å². The molecule has 4 aromatic carbocycles. The molecule has 4 aromatic rings. The van der Waals surface area contributed by atoms with Gasteiger partial charge in [0.15, 0.2) is 0 Å². The number of methoxy groups -OCH3 is 2. The summed E-state index contributed by atoms with van der Waals surface area (Å²) in [5, 5.41) is 22.6. The molecule has 0 amide bonds.